The zero-order valence-corrected chi connectivity index (χ0v) is 16.4. The number of benzene rings is 2. The first-order valence-corrected chi connectivity index (χ1v) is 9.63. The summed E-state index contributed by atoms with van der Waals surface area (Å²) in [5.41, 5.74) is 1.42. The molecule has 0 aliphatic carbocycles. The summed E-state index contributed by atoms with van der Waals surface area (Å²) in [6.07, 6.45) is 2.27. The highest BCUT2D eigenvalue weighted by atomic mass is 79.9. The van der Waals surface area contributed by atoms with Crippen LogP contribution in [0.4, 0.5) is 9.52 Å². The summed E-state index contributed by atoms with van der Waals surface area (Å²) in [7, 11) is 0. The zero-order valence-electron chi connectivity index (χ0n) is 14.0. The SMILES string of the molecule is O=C(CNC(=O)c1cccc(Br)c1)Nc1ncc(Cc2ccc(F)cc2)s1. The van der Waals surface area contributed by atoms with Crippen molar-refractivity contribution in [2.75, 3.05) is 11.9 Å². The number of hydrogen-bond donors (Lipinski definition) is 2. The van der Waals surface area contributed by atoms with E-state index >= 15 is 0 Å². The van der Waals surface area contributed by atoms with Gasteiger partial charge in [0.15, 0.2) is 5.13 Å². The lowest BCUT2D eigenvalue weighted by atomic mass is 10.1. The van der Waals surface area contributed by atoms with Gasteiger partial charge in [-0.1, -0.05) is 34.1 Å². The van der Waals surface area contributed by atoms with Gasteiger partial charge in [-0.2, -0.15) is 0 Å². The maximum absolute atomic E-state index is 12.9. The second-order valence-corrected chi connectivity index (χ2v) is 7.71. The minimum atomic E-state index is -0.360. The molecule has 0 fully saturated rings. The Bertz CT molecular complexity index is 960. The zero-order chi connectivity index (χ0) is 19.2. The van der Waals surface area contributed by atoms with Crippen molar-refractivity contribution in [2.24, 2.45) is 0 Å². The fraction of sp³-hybridized carbons (Fsp3) is 0.105. The summed E-state index contributed by atoms with van der Waals surface area (Å²) < 4.78 is 13.7. The second kappa shape index (κ2) is 8.88. The highest BCUT2D eigenvalue weighted by molar-refractivity contribution is 9.10. The van der Waals surface area contributed by atoms with Crippen LogP contribution >= 0.6 is 27.3 Å². The van der Waals surface area contributed by atoms with Crippen molar-refractivity contribution in [1.29, 1.82) is 0 Å². The fourth-order valence-corrected chi connectivity index (χ4v) is 3.57. The average molecular weight is 448 g/mol. The molecule has 2 N–H and O–H groups in total. The van der Waals surface area contributed by atoms with Crippen molar-refractivity contribution in [3.8, 4) is 0 Å². The normalized spacial score (nSPS) is 10.4. The van der Waals surface area contributed by atoms with Gasteiger partial charge in [0.05, 0.1) is 6.54 Å². The lowest BCUT2D eigenvalue weighted by Crippen LogP contribution is -2.32. The number of nitrogens with zero attached hydrogens (tertiary/aromatic N) is 1. The van der Waals surface area contributed by atoms with Gasteiger partial charge in [-0.05, 0) is 35.9 Å². The quantitative estimate of drug-likeness (QED) is 0.599. The number of halogens is 2. The molecule has 0 aliphatic rings. The van der Waals surface area contributed by atoms with Crippen LogP contribution in [0.3, 0.4) is 0 Å². The van der Waals surface area contributed by atoms with Crippen LogP contribution in [-0.4, -0.2) is 23.3 Å². The summed E-state index contributed by atoms with van der Waals surface area (Å²) in [5, 5.41) is 5.68. The molecule has 0 aliphatic heterocycles. The fourth-order valence-electron chi connectivity index (χ4n) is 2.31. The summed E-state index contributed by atoms with van der Waals surface area (Å²) in [5.74, 6) is -0.968. The first kappa shape index (κ1) is 19.2. The molecule has 0 bridgehead atoms. The summed E-state index contributed by atoms with van der Waals surface area (Å²) >= 11 is 4.64. The van der Waals surface area contributed by atoms with Gasteiger partial charge in [0, 0.05) is 27.5 Å². The number of thiazole rings is 1. The number of anilines is 1. The molecule has 0 radical (unpaired) electrons. The third-order valence-corrected chi connectivity index (χ3v) is 4.99. The van der Waals surface area contributed by atoms with Crippen LogP contribution in [-0.2, 0) is 11.2 Å². The Morgan fingerprint density at radius 3 is 2.67 bits per heavy atom. The van der Waals surface area contributed by atoms with Crippen molar-refractivity contribution in [2.45, 2.75) is 6.42 Å². The van der Waals surface area contributed by atoms with Crippen LogP contribution in [0, 0.1) is 5.82 Å². The molecule has 138 valence electrons. The van der Waals surface area contributed by atoms with E-state index in [1.807, 2.05) is 6.07 Å². The van der Waals surface area contributed by atoms with Crippen molar-refractivity contribution < 1.29 is 14.0 Å². The molecular formula is C19H15BrFN3O2S. The molecule has 0 saturated heterocycles. The number of carbonyl (C=O) groups is 2. The first-order valence-electron chi connectivity index (χ1n) is 8.02. The summed E-state index contributed by atoms with van der Waals surface area (Å²) in [6, 6.07) is 13.2. The number of hydrogen-bond acceptors (Lipinski definition) is 4. The van der Waals surface area contributed by atoms with E-state index in [2.05, 4.69) is 31.5 Å². The lowest BCUT2D eigenvalue weighted by Gasteiger charge is -2.05. The van der Waals surface area contributed by atoms with E-state index in [0.29, 0.717) is 17.1 Å². The number of carbonyl (C=O) groups excluding carboxylic acids is 2. The predicted molar refractivity (Wildman–Crippen MR) is 106 cm³/mol. The van der Waals surface area contributed by atoms with Crippen LogP contribution in [0.15, 0.2) is 59.2 Å². The topological polar surface area (TPSA) is 71.1 Å². The number of amides is 2. The Kier molecular flexibility index (Phi) is 6.31. The number of nitrogens with one attached hydrogen (secondary N) is 2. The largest absolute Gasteiger partial charge is 0.343 e. The monoisotopic (exact) mass is 447 g/mol. The van der Waals surface area contributed by atoms with Crippen LogP contribution in [0.1, 0.15) is 20.8 Å². The second-order valence-electron chi connectivity index (χ2n) is 5.68. The standard InChI is InChI=1S/C19H15BrFN3O2S/c20-14-3-1-2-13(9-14)18(26)22-11-17(25)24-19-23-10-16(27-19)8-12-4-6-15(21)7-5-12/h1-7,9-10H,8,11H2,(H,22,26)(H,23,24,25). The molecule has 8 heteroatoms. The van der Waals surface area contributed by atoms with Gasteiger partial charge in [-0.15, -0.1) is 11.3 Å². The predicted octanol–water partition coefficient (Wildman–Crippen LogP) is 4.00. The Labute approximate surface area is 167 Å². The molecular weight excluding hydrogens is 433 g/mol. The van der Waals surface area contributed by atoms with Crippen LogP contribution < -0.4 is 10.6 Å². The lowest BCUT2D eigenvalue weighted by molar-refractivity contribution is -0.115. The summed E-state index contributed by atoms with van der Waals surface area (Å²) in [6.45, 7) is -0.155. The first-order chi connectivity index (χ1) is 13.0. The molecule has 27 heavy (non-hydrogen) atoms. The van der Waals surface area contributed by atoms with Gasteiger partial charge in [-0.3, -0.25) is 9.59 Å². The minimum Gasteiger partial charge on any atom is -0.343 e. The van der Waals surface area contributed by atoms with E-state index in [9.17, 15) is 14.0 Å². The van der Waals surface area contributed by atoms with E-state index in [0.717, 1.165) is 14.9 Å². The van der Waals surface area contributed by atoms with E-state index in [1.54, 1.807) is 36.5 Å². The molecule has 0 atom stereocenters. The van der Waals surface area contributed by atoms with Gasteiger partial charge < -0.3 is 10.6 Å². The molecule has 3 aromatic rings. The smallest absolute Gasteiger partial charge is 0.251 e. The van der Waals surface area contributed by atoms with E-state index in [4.69, 9.17) is 0 Å². The van der Waals surface area contributed by atoms with E-state index in [-0.39, 0.29) is 24.2 Å². The molecule has 3 rings (SSSR count). The number of rotatable bonds is 6. The van der Waals surface area contributed by atoms with Crippen molar-refractivity contribution in [3.05, 3.63) is 81.0 Å². The molecule has 0 spiro atoms. The Hall–Kier alpha value is -2.58. The summed E-state index contributed by atoms with van der Waals surface area (Å²) in [4.78, 5) is 29.1. The molecule has 0 saturated carbocycles. The van der Waals surface area contributed by atoms with Crippen LogP contribution in [0.25, 0.3) is 0 Å². The van der Waals surface area contributed by atoms with Gasteiger partial charge >= 0.3 is 0 Å². The van der Waals surface area contributed by atoms with Crippen LogP contribution in [0.5, 0.6) is 0 Å². The molecule has 2 aromatic carbocycles. The van der Waals surface area contributed by atoms with Crippen molar-refractivity contribution in [1.82, 2.24) is 10.3 Å². The molecule has 0 unspecified atom stereocenters. The minimum absolute atomic E-state index is 0.155. The Morgan fingerprint density at radius 1 is 1.15 bits per heavy atom. The Balaban J connectivity index is 1.50. The van der Waals surface area contributed by atoms with Gasteiger partial charge in [0.25, 0.3) is 5.91 Å². The molecule has 1 aromatic heterocycles. The van der Waals surface area contributed by atoms with E-state index < -0.39 is 0 Å². The maximum atomic E-state index is 12.9. The molecule has 5 nitrogen and oxygen atoms in total. The van der Waals surface area contributed by atoms with Gasteiger partial charge in [0.2, 0.25) is 5.91 Å². The third kappa shape index (κ3) is 5.70. The van der Waals surface area contributed by atoms with Gasteiger partial charge in [0.1, 0.15) is 5.82 Å². The highest BCUT2D eigenvalue weighted by Crippen LogP contribution is 2.21. The maximum Gasteiger partial charge on any atom is 0.251 e. The highest BCUT2D eigenvalue weighted by Gasteiger charge is 2.10. The van der Waals surface area contributed by atoms with Crippen LogP contribution in [0.2, 0.25) is 0 Å². The third-order valence-electron chi connectivity index (χ3n) is 3.59. The molecule has 2 amide bonds. The molecule has 1 heterocycles. The average Bonchev–Trinajstić information content (AvgIpc) is 3.08. The van der Waals surface area contributed by atoms with Crippen molar-refractivity contribution in [3.63, 3.8) is 0 Å². The number of aromatic nitrogens is 1. The Morgan fingerprint density at radius 2 is 1.93 bits per heavy atom. The van der Waals surface area contributed by atoms with Crippen molar-refractivity contribution >= 4 is 44.2 Å². The van der Waals surface area contributed by atoms with Gasteiger partial charge in [-0.25, -0.2) is 9.37 Å². The van der Waals surface area contributed by atoms with E-state index in [1.165, 1.54) is 23.5 Å².